The highest BCUT2D eigenvalue weighted by Gasteiger charge is 2.21. The van der Waals surface area contributed by atoms with Gasteiger partial charge in [0.05, 0.1) is 13.2 Å². The van der Waals surface area contributed by atoms with Crippen molar-refractivity contribution < 1.29 is 28.9 Å². The Hall–Kier alpha value is -3.06. The average Bonchev–Trinajstić information content (AvgIpc) is 2.67. The molecule has 0 saturated carbocycles. The maximum atomic E-state index is 12.5. The van der Waals surface area contributed by atoms with Gasteiger partial charge < -0.3 is 24.6 Å². The highest BCUT2D eigenvalue weighted by molar-refractivity contribution is 5.94. The highest BCUT2D eigenvalue weighted by Crippen LogP contribution is 2.23. The normalized spacial score (nSPS) is 12.7. The van der Waals surface area contributed by atoms with Gasteiger partial charge in [0.1, 0.15) is 17.6 Å². The lowest BCUT2D eigenvalue weighted by atomic mass is 10.0. The minimum Gasteiger partial charge on any atom is -0.497 e. The minimum atomic E-state index is -1.08. The predicted octanol–water partition coefficient (Wildman–Crippen LogP) is 2.66. The smallest absolute Gasteiger partial charge is 0.341 e. The standard InChI is InChI=1S/C20H23NO6/c1-13(19(26-3)14-7-9-16(25-2)10-8-14)21-20(24)15-5-4-6-17(11-15)27-12-18(22)23/h4-11,13,19H,12H2,1-3H3,(H,21,24)(H,22,23). The molecule has 2 rings (SSSR count). The van der Waals surface area contributed by atoms with E-state index in [1.165, 1.54) is 6.07 Å². The van der Waals surface area contributed by atoms with Gasteiger partial charge in [0.25, 0.3) is 5.91 Å². The summed E-state index contributed by atoms with van der Waals surface area (Å²) in [5.41, 5.74) is 1.28. The quantitative estimate of drug-likeness (QED) is 0.702. The summed E-state index contributed by atoms with van der Waals surface area (Å²) in [6.07, 6.45) is -0.341. The fourth-order valence-electron chi connectivity index (χ4n) is 2.66. The lowest BCUT2D eigenvalue weighted by molar-refractivity contribution is -0.139. The Kier molecular flexibility index (Phi) is 7.19. The van der Waals surface area contributed by atoms with Crippen LogP contribution < -0.4 is 14.8 Å². The van der Waals surface area contributed by atoms with Crippen molar-refractivity contribution in [2.75, 3.05) is 20.8 Å². The highest BCUT2D eigenvalue weighted by atomic mass is 16.5. The molecule has 0 radical (unpaired) electrons. The van der Waals surface area contributed by atoms with E-state index in [1.807, 2.05) is 31.2 Å². The number of ether oxygens (including phenoxy) is 3. The van der Waals surface area contributed by atoms with Crippen LogP contribution >= 0.6 is 0 Å². The third-order valence-corrected chi connectivity index (χ3v) is 3.97. The number of carboxylic acids is 1. The number of rotatable bonds is 9. The molecule has 0 saturated heterocycles. The fourth-order valence-corrected chi connectivity index (χ4v) is 2.66. The maximum absolute atomic E-state index is 12.5. The van der Waals surface area contributed by atoms with E-state index in [0.717, 1.165) is 11.3 Å². The van der Waals surface area contributed by atoms with E-state index in [4.69, 9.17) is 19.3 Å². The number of methoxy groups -OCH3 is 2. The van der Waals surface area contributed by atoms with E-state index in [-0.39, 0.29) is 18.1 Å². The van der Waals surface area contributed by atoms with Gasteiger partial charge in [0.2, 0.25) is 0 Å². The van der Waals surface area contributed by atoms with E-state index in [0.29, 0.717) is 11.3 Å². The van der Waals surface area contributed by atoms with Crippen LogP contribution in [-0.2, 0) is 9.53 Å². The number of aliphatic carboxylic acids is 1. The van der Waals surface area contributed by atoms with Crippen LogP contribution in [0, 0.1) is 0 Å². The topological polar surface area (TPSA) is 94.1 Å². The third-order valence-electron chi connectivity index (χ3n) is 3.97. The van der Waals surface area contributed by atoms with E-state index in [1.54, 1.807) is 32.4 Å². The van der Waals surface area contributed by atoms with Crippen molar-refractivity contribution in [3.8, 4) is 11.5 Å². The summed E-state index contributed by atoms with van der Waals surface area (Å²) in [5.74, 6) is -0.334. The second-order valence-electron chi connectivity index (χ2n) is 5.90. The van der Waals surface area contributed by atoms with Crippen molar-refractivity contribution in [3.63, 3.8) is 0 Å². The first-order valence-electron chi connectivity index (χ1n) is 8.37. The molecule has 7 nitrogen and oxygen atoms in total. The average molecular weight is 373 g/mol. The number of benzene rings is 2. The van der Waals surface area contributed by atoms with Gasteiger partial charge in [-0.3, -0.25) is 4.79 Å². The van der Waals surface area contributed by atoms with Gasteiger partial charge in [-0.25, -0.2) is 4.79 Å². The first-order chi connectivity index (χ1) is 12.9. The van der Waals surface area contributed by atoms with Crippen LogP contribution in [0.4, 0.5) is 0 Å². The molecule has 0 spiro atoms. The van der Waals surface area contributed by atoms with Crippen LogP contribution in [0.5, 0.6) is 11.5 Å². The SMILES string of the molecule is COc1ccc(C(OC)C(C)NC(=O)c2cccc(OCC(=O)O)c2)cc1. The second-order valence-corrected chi connectivity index (χ2v) is 5.90. The van der Waals surface area contributed by atoms with Crippen molar-refractivity contribution in [2.24, 2.45) is 0 Å². The summed E-state index contributed by atoms with van der Waals surface area (Å²) >= 11 is 0. The largest absolute Gasteiger partial charge is 0.497 e. The Morgan fingerprint density at radius 3 is 2.37 bits per heavy atom. The van der Waals surface area contributed by atoms with Crippen molar-refractivity contribution in [1.82, 2.24) is 5.32 Å². The number of amides is 1. The number of carboxylic acid groups (broad SMARTS) is 1. The number of hydrogen-bond acceptors (Lipinski definition) is 5. The van der Waals surface area contributed by atoms with Gasteiger partial charge in [0, 0.05) is 12.7 Å². The molecule has 0 aliphatic heterocycles. The van der Waals surface area contributed by atoms with Gasteiger partial charge in [-0.05, 0) is 42.8 Å². The molecule has 27 heavy (non-hydrogen) atoms. The van der Waals surface area contributed by atoms with Crippen LogP contribution in [-0.4, -0.2) is 43.9 Å². The van der Waals surface area contributed by atoms with Crippen LogP contribution in [0.1, 0.15) is 28.9 Å². The van der Waals surface area contributed by atoms with Crippen molar-refractivity contribution >= 4 is 11.9 Å². The number of carbonyl (C=O) groups is 2. The monoisotopic (exact) mass is 373 g/mol. The second kappa shape index (κ2) is 9.59. The third kappa shape index (κ3) is 5.72. The van der Waals surface area contributed by atoms with E-state index < -0.39 is 12.6 Å². The van der Waals surface area contributed by atoms with Gasteiger partial charge >= 0.3 is 5.97 Å². The predicted molar refractivity (Wildman–Crippen MR) is 99.2 cm³/mol. The molecule has 0 aromatic heterocycles. The molecule has 2 aromatic rings. The van der Waals surface area contributed by atoms with Gasteiger partial charge in [-0.1, -0.05) is 18.2 Å². The molecule has 2 atom stereocenters. The molecule has 2 aromatic carbocycles. The minimum absolute atomic E-state index is 0.306. The lowest BCUT2D eigenvalue weighted by Gasteiger charge is -2.24. The molecule has 0 aliphatic carbocycles. The molecular weight excluding hydrogens is 350 g/mol. The Labute approximate surface area is 157 Å². The molecule has 0 aliphatic rings. The molecule has 0 fully saturated rings. The first-order valence-corrected chi connectivity index (χ1v) is 8.37. The molecule has 0 heterocycles. The summed E-state index contributed by atoms with van der Waals surface area (Å²) < 4.78 is 15.8. The number of carbonyl (C=O) groups excluding carboxylic acids is 1. The van der Waals surface area contributed by atoms with Gasteiger partial charge in [-0.15, -0.1) is 0 Å². The van der Waals surface area contributed by atoms with Crippen molar-refractivity contribution in [2.45, 2.75) is 19.1 Å². The van der Waals surface area contributed by atoms with Gasteiger partial charge in [0.15, 0.2) is 6.61 Å². The molecule has 2 N–H and O–H groups in total. The molecule has 0 bridgehead atoms. The van der Waals surface area contributed by atoms with Crippen molar-refractivity contribution in [1.29, 1.82) is 0 Å². The Bertz CT molecular complexity index is 774. The van der Waals surface area contributed by atoms with Crippen LogP contribution in [0.3, 0.4) is 0 Å². The Morgan fingerprint density at radius 2 is 1.78 bits per heavy atom. The zero-order chi connectivity index (χ0) is 19.8. The van der Waals surface area contributed by atoms with Gasteiger partial charge in [-0.2, -0.15) is 0 Å². The fraction of sp³-hybridized carbons (Fsp3) is 0.300. The van der Waals surface area contributed by atoms with Crippen LogP contribution in [0.2, 0.25) is 0 Å². The van der Waals surface area contributed by atoms with E-state index in [2.05, 4.69) is 5.32 Å². The first kappa shape index (κ1) is 20.3. The summed E-state index contributed by atoms with van der Waals surface area (Å²) in [4.78, 5) is 23.1. The van der Waals surface area contributed by atoms with Crippen molar-refractivity contribution in [3.05, 3.63) is 59.7 Å². The number of nitrogens with one attached hydrogen (secondary N) is 1. The lowest BCUT2D eigenvalue weighted by Crippen LogP contribution is -2.37. The maximum Gasteiger partial charge on any atom is 0.341 e. The molecule has 7 heteroatoms. The Morgan fingerprint density at radius 1 is 1.07 bits per heavy atom. The molecular formula is C20H23NO6. The molecule has 1 amide bonds. The van der Waals surface area contributed by atoms with E-state index in [9.17, 15) is 9.59 Å². The molecule has 144 valence electrons. The Balaban J connectivity index is 2.06. The number of hydrogen-bond donors (Lipinski definition) is 2. The summed E-state index contributed by atoms with van der Waals surface area (Å²) in [6, 6.07) is 13.5. The zero-order valence-corrected chi connectivity index (χ0v) is 15.5. The zero-order valence-electron chi connectivity index (χ0n) is 15.5. The van der Waals surface area contributed by atoms with Crippen LogP contribution in [0.15, 0.2) is 48.5 Å². The summed E-state index contributed by atoms with van der Waals surface area (Å²) in [6.45, 7) is 1.38. The summed E-state index contributed by atoms with van der Waals surface area (Å²) in [5, 5.41) is 11.6. The summed E-state index contributed by atoms with van der Waals surface area (Å²) in [7, 11) is 3.18. The molecule has 2 unspecified atom stereocenters. The van der Waals surface area contributed by atoms with E-state index >= 15 is 0 Å². The van der Waals surface area contributed by atoms with Crippen LogP contribution in [0.25, 0.3) is 0 Å².